The van der Waals surface area contributed by atoms with E-state index in [0.717, 1.165) is 0 Å². The predicted octanol–water partition coefficient (Wildman–Crippen LogP) is 4.26. The van der Waals surface area contributed by atoms with Crippen LogP contribution in [-0.4, -0.2) is 20.0 Å². The van der Waals surface area contributed by atoms with Crippen molar-refractivity contribution in [2.24, 2.45) is 0 Å². The Morgan fingerprint density at radius 2 is 0.680 bits per heavy atom. The Balaban J connectivity index is 0.000000874. The minimum absolute atomic E-state index is 0. The van der Waals surface area contributed by atoms with Gasteiger partial charge in [-0.25, -0.2) is 0 Å². The van der Waals surface area contributed by atoms with Gasteiger partial charge in [-0.3, -0.25) is 0 Å². The second kappa shape index (κ2) is 14.0. The molecule has 0 saturated heterocycles. The van der Waals surface area contributed by atoms with Crippen molar-refractivity contribution < 1.29 is 40.5 Å². The van der Waals surface area contributed by atoms with Gasteiger partial charge in [0.15, 0.2) is 0 Å². The Kier molecular flexibility index (Phi) is 13.9. The molecule has 0 aliphatic heterocycles. The van der Waals surface area contributed by atoms with Crippen LogP contribution in [0.15, 0.2) is 91.0 Å². The Hall–Kier alpha value is -0.168. The van der Waals surface area contributed by atoms with E-state index in [-0.39, 0.29) is 48.4 Å². The molecule has 137 valence electrons. The molecule has 1 radical (unpaired) electrons. The van der Waals surface area contributed by atoms with E-state index in [1.807, 2.05) is 0 Å². The van der Waals surface area contributed by atoms with Crippen molar-refractivity contribution in [3.05, 3.63) is 91.0 Å². The number of hydrogen-bond donors (Lipinski definition) is 0. The first-order valence-electron chi connectivity index (χ1n) is 7.98. The average molecular weight is 639 g/mol. The van der Waals surface area contributed by atoms with E-state index >= 15 is 0 Å². The third-order valence-electron chi connectivity index (χ3n) is 3.19. The minimum atomic E-state index is -0.877. The van der Waals surface area contributed by atoms with Crippen molar-refractivity contribution in [3.8, 4) is 0 Å². The van der Waals surface area contributed by atoms with Crippen LogP contribution in [0.4, 0.5) is 0 Å². The molecule has 0 aromatic heterocycles. The summed E-state index contributed by atoms with van der Waals surface area (Å²) in [4.78, 5) is 0. The van der Waals surface area contributed by atoms with Crippen molar-refractivity contribution in [1.82, 2.24) is 0 Å². The molecule has 0 amide bonds. The van der Waals surface area contributed by atoms with Gasteiger partial charge in [-0.05, 0) is 44.3 Å². The normalized spacial score (nSPS) is 9.48. The summed E-state index contributed by atoms with van der Waals surface area (Å²) in [5.41, 5.74) is 0. The zero-order valence-electron chi connectivity index (χ0n) is 14.8. The third kappa shape index (κ3) is 8.85. The average Bonchev–Trinajstić information content (AvgIpc) is 2.58. The van der Waals surface area contributed by atoms with E-state index in [0.29, 0.717) is 0 Å². The molecule has 0 atom stereocenters. The topological polar surface area (TPSA) is 0 Å². The summed E-state index contributed by atoms with van der Waals surface area (Å²) in [6, 6.07) is 32.5. The molecule has 3 aromatic rings. The molecule has 0 unspecified atom stereocenters. The fraction of sp³-hybridized carbons (Fsp3) is 0.143. The summed E-state index contributed by atoms with van der Waals surface area (Å²) >= 11 is 0. The molecule has 25 heavy (non-hydrogen) atoms. The van der Waals surface area contributed by atoms with E-state index in [9.17, 15) is 0 Å². The fourth-order valence-electron chi connectivity index (χ4n) is 2.31. The smallest absolute Gasteiger partial charge is 0.0620 e. The van der Waals surface area contributed by atoms with E-state index in [1.165, 1.54) is 15.9 Å². The first kappa shape index (κ1) is 24.8. The van der Waals surface area contributed by atoms with Crippen molar-refractivity contribution >= 4 is 31.8 Å². The van der Waals surface area contributed by atoms with Crippen LogP contribution in [0.1, 0.15) is 0 Å². The summed E-state index contributed by atoms with van der Waals surface area (Å²) < 4.78 is 0. The number of benzene rings is 3. The summed E-state index contributed by atoms with van der Waals surface area (Å²) in [6.07, 6.45) is 0. The van der Waals surface area contributed by atoms with E-state index in [1.54, 1.807) is 0 Å². The number of rotatable bonds is 3. The van der Waals surface area contributed by atoms with Crippen molar-refractivity contribution in [2.45, 2.75) is 0 Å². The molecule has 4 heteroatoms. The van der Waals surface area contributed by atoms with Gasteiger partial charge in [0.25, 0.3) is 0 Å². The first-order chi connectivity index (χ1) is 11.2. The van der Waals surface area contributed by atoms with Crippen LogP contribution in [-0.2, 0) is 40.5 Å². The molecule has 0 nitrogen and oxygen atoms in total. The van der Waals surface area contributed by atoms with Crippen molar-refractivity contribution in [1.29, 1.82) is 0 Å². The second-order valence-corrected chi connectivity index (χ2v) is 11.5. The maximum absolute atomic E-state index is 2.27. The Morgan fingerprint density at radius 1 is 0.480 bits per heavy atom. The standard InChI is InChI=1S/C18H15P.C3H9P.Ir.Pd/c1-4-10-16(11-5-1)19(17-12-6-2-7-13-17)18-14-8-3-9-15-18;1-4(2)3;;/h1-15H;1-3H3;;/p+2. The fourth-order valence-corrected chi connectivity index (χ4v) is 4.89. The van der Waals surface area contributed by atoms with Gasteiger partial charge in [0.1, 0.15) is 15.9 Å². The van der Waals surface area contributed by atoms with E-state index < -0.39 is 7.92 Å². The monoisotopic (exact) mass is 639 g/mol. The van der Waals surface area contributed by atoms with Crippen LogP contribution in [0, 0.1) is 0 Å². The summed E-state index contributed by atoms with van der Waals surface area (Å²) in [5.74, 6) is 0. The molecule has 0 aliphatic carbocycles. The van der Waals surface area contributed by atoms with Crippen molar-refractivity contribution in [3.63, 3.8) is 0 Å². The Bertz CT molecular complexity index is 579. The van der Waals surface area contributed by atoms with Gasteiger partial charge in [0.2, 0.25) is 0 Å². The van der Waals surface area contributed by atoms with E-state index in [4.69, 9.17) is 0 Å². The molecule has 0 heterocycles. The van der Waals surface area contributed by atoms with Gasteiger partial charge in [-0.1, -0.05) is 54.6 Å². The molecular formula is C21H26IrP2Pd+2. The van der Waals surface area contributed by atoms with Crippen LogP contribution in [0.2, 0.25) is 0 Å². The molecule has 0 fully saturated rings. The maximum Gasteiger partial charge on any atom is 0.102 e. The van der Waals surface area contributed by atoms with Gasteiger partial charge >= 0.3 is 0 Å². The molecule has 0 N–H and O–H groups in total. The van der Waals surface area contributed by atoms with Crippen LogP contribution in [0.3, 0.4) is 0 Å². The zero-order chi connectivity index (χ0) is 16.5. The number of hydrogen-bond acceptors (Lipinski definition) is 0. The molecule has 3 rings (SSSR count). The van der Waals surface area contributed by atoms with Crippen LogP contribution < -0.4 is 15.9 Å². The third-order valence-corrected chi connectivity index (χ3v) is 5.92. The van der Waals surface area contributed by atoms with Crippen LogP contribution in [0.5, 0.6) is 0 Å². The minimum Gasteiger partial charge on any atom is -0.0620 e. The first-order valence-corrected chi connectivity index (χ1v) is 12.5. The summed E-state index contributed by atoms with van der Waals surface area (Å²) in [6.45, 7) is 6.81. The Morgan fingerprint density at radius 3 is 0.880 bits per heavy atom. The molecule has 0 spiro atoms. The van der Waals surface area contributed by atoms with Gasteiger partial charge in [-0.15, -0.1) is 0 Å². The molecule has 3 aromatic carbocycles. The molecule has 0 aliphatic rings. The van der Waals surface area contributed by atoms with E-state index in [2.05, 4.69) is 111 Å². The molecular weight excluding hydrogens is 613 g/mol. The molecule has 0 saturated carbocycles. The van der Waals surface area contributed by atoms with Gasteiger partial charge < -0.3 is 0 Å². The van der Waals surface area contributed by atoms with Gasteiger partial charge in [0, 0.05) is 60.5 Å². The quantitative estimate of drug-likeness (QED) is 0.297. The van der Waals surface area contributed by atoms with Gasteiger partial charge in [0.05, 0.1) is 7.92 Å². The predicted molar refractivity (Wildman–Crippen MR) is 113 cm³/mol. The summed E-state index contributed by atoms with van der Waals surface area (Å²) in [5, 5.41) is 4.31. The largest absolute Gasteiger partial charge is 0.102 e. The zero-order valence-corrected chi connectivity index (χ0v) is 20.8. The second-order valence-electron chi connectivity index (χ2n) is 5.97. The SMILES string of the molecule is C[PH+](C)C.[Ir].[Pd].c1ccc([PH+](c2ccccc2)c2ccccc2)cc1. The molecule has 0 bridgehead atoms. The van der Waals surface area contributed by atoms with Crippen LogP contribution in [0.25, 0.3) is 0 Å². The summed E-state index contributed by atoms with van der Waals surface area (Å²) in [7, 11) is -0.757. The Labute approximate surface area is 182 Å². The van der Waals surface area contributed by atoms with Gasteiger partial charge in [-0.2, -0.15) is 0 Å². The van der Waals surface area contributed by atoms with Crippen molar-refractivity contribution in [2.75, 3.05) is 20.0 Å². The maximum atomic E-state index is 2.27. The van der Waals surface area contributed by atoms with Crippen LogP contribution >= 0.6 is 15.8 Å².